The van der Waals surface area contributed by atoms with E-state index in [1.54, 1.807) is 25.8 Å². The molecule has 0 radical (unpaired) electrons. The van der Waals surface area contributed by atoms with Gasteiger partial charge < -0.3 is 15.8 Å². The predicted octanol–water partition coefficient (Wildman–Crippen LogP) is 2.03. The molecule has 0 aliphatic heterocycles. The van der Waals surface area contributed by atoms with Gasteiger partial charge >= 0.3 is 6.18 Å². The fourth-order valence-electron chi connectivity index (χ4n) is 1.16. The fraction of sp³-hybridized carbons (Fsp3) is 0.900. The molecule has 17 heavy (non-hydrogen) atoms. The van der Waals surface area contributed by atoms with E-state index in [4.69, 9.17) is 10.9 Å². The molecule has 0 atom stereocenters. The Hall–Kier alpha value is -0.980. The summed E-state index contributed by atoms with van der Waals surface area (Å²) >= 11 is 0. The maximum Gasteiger partial charge on any atom is 0.390 e. The van der Waals surface area contributed by atoms with Gasteiger partial charge in [0, 0.05) is 12.0 Å². The van der Waals surface area contributed by atoms with Gasteiger partial charge in [-0.25, -0.2) is 0 Å². The number of halogens is 3. The summed E-state index contributed by atoms with van der Waals surface area (Å²) in [5.74, 6) is 0.0849. The number of nitrogens with two attached hydrogens (primary N) is 1. The Bertz CT molecular complexity index is 264. The Morgan fingerprint density at radius 1 is 1.24 bits per heavy atom. The van der Waals surface area contributed by atoms with Crippen LogP contribution in [0.1, 0.15) is 26.7 Å². The molecule has 3 N–H and O–H groups in total. The van der Waals surface area contributed by atoms with Gasteiger partial charge in [-0.05, 0) is 20.0 Å². The highest BCUT2D eigenvalue weighted by atomic mass is 19.4. The van der Waals surface area contributed by atoms with Crippen LogP contribution < -0.4 is 5.73 Å². The molecule has 0 saturated heterocycles. The molecule has 0 aromatic rings. The second-order valence-electron chi connectivity index (χ2n) is 4.79. The fourth-order valence-corrected chi connectivity index (χ4v) is 1.16. The molecule has 4 nitrogen and oxygen atoms in total. The van der Waals surface area contributed by atoms with E-state index >= 15 is 0 Å². The van der Waals surface area contributed by atoms with Crippen LogP contribution in [0.25, 0.3) is 0 Å². The summed E-state index contributed by atoms with van der Waals surface area (Å²) in [6, 6.07) is 0. The first-order chi connectivity index (χ1) is 7.58. The minimum absolute atomic E-state index is 0.0459. The van der Waals surface area contributed by atoms with Crippen LogP contribution >= 0.6 is 0 Å². The molecule has 0 aromatic heterocycles. The van der Waals surface area contributed by atoms with E-state index < -0.39 is 18.0 Å². The van der Waals surface area contributed by atoms with Crippen molar-refractivity contribution < 1.29 is 18.4 Å². The second kappa shape index (κ2) is 6.09. The first-order valence-corrected chi connectivity index (χ1v) is 5.32. The van der Waals surface area contributed by atoms with Crippen LogP contribution in [-0.4, -0.2) is 42.3 Å². The highest BCUT2D eigenvalue weighted by Gasteiger charge is 2.28. The third-order valence-electron chi connectivity index (χ3n) is 2.70. The van der Waals surface area contributed by atoms with E-state index in [1.807, 2.05) is 0 Å². The average Bonchev–Trinajstić information content (AvgIpc) is 2.21. The number of hydrogen-bond donors (Lipinski definition) is 2. The van der Waals surface area contributed by atoms with Gasteiger partial charge in [-0.15, -0.1) is 0 Å². The lowest BCUT2D eigenvalue weighted by Gasteiger charge is -2.26. The summed E-state index contributed by atoms with van der Waals surface area (Å²) in [6.07, 6.45) is -4.43. The molecule has 0 saturated carbocycles. The lowest BCUT2D eigenvalue weighted by atomic mass is 9.88. The quantitative estimate of drug-likeness (QED) is 0.330. The van der Waals surface area contributed by atoms with Crippen molar-refractivity contribution in [3.8, 4) is 0 Å². The molecule has 7 heteroatoms. The van der Waals surface area contributed by atoms with Crippen molar-refractivity contribution in [2.45, 2.75) is 32.9 Å². The number of rotatable bonds is 6. The Labute approximate surface area is 99.3 Å². The maximum atomic E-state index is 12.0. The van der Waals surface area contributed by atoms with Crippen molar-refractivity contribution in [1.82, 2.24) is 4.90 Å². The molecule has 0 amide bonds. The minimum atomic E-state index is -4.13. The summed E-state index contributed by atoms with van der Waals surface area (Å²) in [5.41, 5.74) is 4.96. The number of oxime groups is 1. The Morgan fingerprint density at radius 3 is 2.12 bits per heavy atom. The van der Waals surface area contributed by atoms with E-state index in [2.05, 4.69) is 5.16 Å². The largest absolute Gasteiger partial charge is 0.409 e. The van der Waals surface area contributed by atoms with Crippen LogP contribution in [-0.2, 0) is 0 Å². The van der Waals surface area contributed by atoms with Crippen molar-refractivity contribution in [3.05, 3.63) is 0 Å². The standard InChI is InChI=1S/C10H20F3N3O/c1-9(2,8(14)15-17)4-6-16(3)7-5-10(11,12)13/h17H,4-7H2,1-3H3,(H2,14,15). The van der Waals surface area contributed by atoms with Crippen molar-refractivity contribution >= 4 is 5.84 Å². The van der Waals surface area contributed by atoms with Gasteiger partial charge in [0.1, 0.15) is 5.84 Å². The Morgan fingerprint density at radius 2 is 1.71 bits per heavy atom. The number of hydrogen-bond acceptors (Lipinski definition) is 3. The first-order valence-electron chi connectivity index (χ1n) is 5.32. The molecule has 0 fully saturated rings. The van der Waals surface area contributed by atoms with Gasteiger partial charge in [-0.3, -0.25) is 0 Å². The zero-order chi connectivity index (χ0) is 13.7. The van der Waals surface area contributed by atoms with Crippen molar-refractivity contribution in [2.24, 2.45) is 16.3 Å². The molecule has 0 heterocycles. The third kappa shape index (κ3) is 7.04. The zero-order valence-electron chi connectivity index (χ0n) is 10.4. The van der Waals surface area contributed by atoms with Gasteiger partial charge in [-0.2, -0.15) is 13.2 Å². The lowest BCUT2D eigenvalue weighted by molar-refractivity contribution is -0.137. The zero-order valence-corrected chi connectivity index (χ0v) is 10.4. The Balaban J connectivity index is 4.04. The van der Waals surface area contributed by atoms with Gasteiger partial charge in [0.15, 0.2) is 0 Å². The molecule has 0 aromatic carbocycles. The molecule has 0 rings (SSSR count). The monoisotopic (exact) mass is 255 g/mol. The second-order valence-corrected chi connectivity index (χ2v) is 4.79. The average molecular weight is 255 g/mol. The highest BCUT2D eigenvalue weighted by molar-refractivity contribution is 5.85. The summed E-state index contributed by atoms with van der Waals surface area (Å²) < 4.78 is 35.9. The summed E-state index contributed by atoms with van der Waals surface area (Å²) in [6.45, 7) is 3.97. The SMILES string of the molecule is CN(CCC(F)(F)F)CCC(C)(C)C(N)=NO. The van der Waals surface area contributed by atoms with Crippen molar-refractivity contribution in [1.29, 1.82) is 0 Å². The molecule has 0 aliphatic carbocycles. The first kappa shape index (κ1) is 16.0. The Kier molecular flexibility index (Phi) is 5.74. The van der Waals surface area contributed by atoms with E-state index in [0.717, 1.165) is 0 Å². The topological polar surface area (TPSA) is 61.8 Å². The molecule has 0 aliphatic rings. The maximum absolute atomic E-state index is 12.0. The normalized spacial score (nSPS) is 14.4. The number of amidine groups is 1. The number of nitrogens with zero attached hydrogens (tertiary/aromatic N) is 2. The van der Waals surface area contributed by atoms with Gasteiger partial charge in [0.25, 0.3) is 0 Å². The molecular formula is C10H20F3N3O. The van der Waals surface area contributed by atoms with Crippen LogP contribution in [0, 0.1) is 5.41 Å². The predicted molar refractivity (Wildman–Crippen MR) is 60.0 cm³/mol. The highest BCUT2D eigenvalue weighted by Crippen LogP contribution is 2.22. The minimum Gasteiger partial charge on any atom is -0.409 e. The van der Waals surface area contributed by atoms with Crippen molar-refractivity contribution in [2.75, 3.05) is 20.1 Å². The van der Waals surface area contributed by atoms with Crippen LogP contribution in [0.5, 0.6) is 0 Å². The molecular weight excluding hydrogens is 235 g/mol. The summed E-state index contributed by atoms with van der Waals surface area (Å²) in [4.78, 5) is 1.58. The summed E-state index contributed by atoms with van der Waals surface area (Å²) in [7, 11) is 1.62. The number of alkyl halides is 3. The third-order valence-corrected chi connectivity index (χ3v) is 2.70. The molecule has 0 spiro atoms. The van der Waals surface area contributed by atoms with Gasteiger partial charge in [0.2, 0.25) is 0 Å². The van der Waals surface area contributed by atoms with E-state index in [-0.39, 0.29) is 12.4 Å². The van der Waals surface area contributed by atoms with Crippen LogP contribution in [0.3, 0.4) is 0 Å². The van der Waals surface area contributed by atoms with Crippen molar-refractivity contribution in [3.63, 3.8) is 0 Å². The lowest BCUT2D eigenvalue weighted by Crippen LogP contribution is -2.36. The van der Waals surface area contributed by atoms with Gasteiger partial charge in [0.05, 0.1) is 6.42 Å². The molecule has 102 valence electrons. The van der Waals surface area contributed by atoms with Crippen LogP contribution in [0.4, 0.5) is 13.2 Å². The summed E-state index contributed by atoms with van der Waals surface area (Å²) in [5, 5.41) is 11.5. The van der Waals surface area contributed by atoms with Crippen LogP contribution in [0.2, 0.25) is 0 Å². The smallest absolute Gasteiger partial charge is 0.390 e. The van der Waals surface area contributed by atoms with E-state index in [9.17, 15) is 13.2 Å². The van der Waals surface area contributed by atoms with E-state index in [1.165, 1.54) is 0 Å². The van der Waals surface area contributed by atoms with E-state index in [0.29, 0.717) is 13.0 Å². The van der Waals surface area contributed by atoms with Crippen LogP contribution in [0.15, 0.2) is 5.16 Å². The molecule has 0 bridgehead atoms. The van der Waals surface area contributed by atoms with Gasteiger partial charge in [-0.1, -0.05) is 19.0 Å². The molecule has 0 unspecified atom stereocenters.